The molecule has 2 fully saturated rings. The Morgan fingerprint density at radius 1 is 0.900 bits per heavy atom. The Balaban J connectivity index is 1.22. The molecule has 1 N–H and O–H groups in total. The van der Waals surface area contributed by atoms with E-state index in [1.165, 1.54) is 11.1 Å². The molecule has 1 saturated carbocycles. The average Bonchev–Trinajstić information content (AvgIpc) is 2.99. The predicted octanol–water partition coefficient (Wildman–Crippen LogP) is 7.38. The van der Waals surface area contributed by atoms with Crippen molar-refractivity contribution in [2.24, 2.45) is 5.41 Å². The van der Waals surface area contributed by atoms with Crippen LogP contribution in [0.1, 0.15) is 78.7 Å². The van der Waals surface area contributed by atoms with Crippen molar-refractivity contribution in [1.29, 1.82) is 0 Å². The summed E-state index contributed by atoms with van der Waals surface area (Å²) in [6.07, 6.45) is 4.40. The molecule has 0 aromatic heterocycles. The Kier molecular flexibility index (Phi) is 8.62. The van der Waals surface area contributed by atoms with Gasteiger partial charge in [0.15, 0.2) is 5.79 Å². The van der Waals surface area contributed by atoms with E-state index in [-0.39, 0.29) is 18.0 Å². The molecule has 1 saturated heterocycles. The van der Waals surface area contributed by atoms with Crippen LogP contribution in [-0.4, -0.2) is 36.7 Å². The van der Waals surface area contributed by atoms with Gasteiger partial charge in [-0.05, 0) is 72.8 Å². The summed E-state index contributed by atoms with van der Waals surface area (Å²) in [5.74, 6) is 0.145. The van der Waals surface area contributed by atoms with Gasteiger partial charge in [-0.2, -0.15) is 0 Å². The standard InChI is InChI=1S/C35H42O5/c1-4-34(22-38-32(36)16-15-27-17-25(2)33(37)26(3)18-27)23-39-35(40-24-34)20-30(28-11-7-5-8-12-28)19-31(21-35)29-13-9-6-10-14-29/h5-14,17-18,30-31,37H,4,15-16,19-24H2,1-3H3. The fraction of sp³-hybridized carbons (Fsp3) is 0.457. The van der Waals surface area contributed by atoms with Crippen LogP contribution >= 0.6 is 0 Å². The molecule has 1 spiro atoms. The Labute approximate surface area is 238 Å². The number of hydrogen-bond donors (Lipinski definition) is 1. The molecule has 5 rings (SSSR count). The normalized spacial score (nSPS) is 26.5. The summed E-state index contributed by atoms with van der Waals surface area (Å²) in [7, 11) is 0. The van der Waals surface area contributed by atoms with Crippen LogP contribution in [0.15, 0.2) is 72.8 Å². The van der Waals surface area contributed by atoms with Crippen molar-refractivity contribution in [3.05, 3.63) is 101 Å². The lowest BCUT2D eigenvalue weighted by molar-refractivity contribution is -0.323. The van der Waals surface area contributed by atoms with Gasteiger partial charge in [0, 0.05) is 19.3 Å². The number of phenolic OH excluding ortho intramolecular Hbond substituents is 1. The number of phenols is 1. The highest BCUT2D eigenvalue weighted by Gasteiger charge is 2.49. The summed E-state index contributed by atoms with van der Waals surface area (Å²) in [6.45, 7) is 7.17. The number of esters is 1. The van der Waals surface area contributed by atoms with Gasteiger partial charge in [-0.1, -0.05) is 79.7 Å². The summed E-state index contributed by atoms with van der Waals surface area (Å²) >= 11 is 0. The first-order chi connectivity index (χ1) is 19.3. The number of benzene rings is 3. The maximum Gasteiger partial charge on any atom is 0.306 e. The molecule has 2 atom stereocenters. The monoisotopic (exact) mass is 542 g/mol. The summed E-state index contributed by atoms with van der Waals surface area (Å²) in [4.78, 5) is 12.7. The smallest absolute Gasteiger partial charge is 0.306 e. The van der Waals surface area contributed by atoms with E-state index in [2.05, 4.69) is 67.6 Å². The number of rotatable bonds is 8. The largest absolute Gasteiger partial charge is 0.507 e. The Bertz CT molecular complexity index is 1210. The van der Waals surface area contributed by atoms with Crippen molar-refractivity contribution in [1.82, 2.24) is 0 Å². The second-order valence-corrected chi connectivity index (χ2v) is 11.9. The maximum atomic E-state index is 12.7. The first-order valence-corrected chi connectivity index (χ1v) is 14.6. The first kappa shape index (κ1) is 28.4. The molecule has 0 bridgehead atoms. The van der Waals surface area contributed by atoms with Gasteiger partial charge >= 0.3 is 5.97 Å². The van der Waals surface area contributed by atoms with E-state index < -0.39 is 5.79 Å². The van der Waals surface area contributed by atoms with Crippen LogP contribution in [0, 0.1) is 19.3 Å². The molecule has 5 heteroatoms. The van der Waals surface area contributed by atoms with Gasteiger partial charge < -0.3 is 19.3 Å². The fourth-order valence-electron chi connectivity index (χ4n) is 6.32. The molecule has 212 valence electrons. The molecule has 3 aromatic carbocycles. The topological polar surface area (TPSA) is 65.0 Å². The van der Waals surface area contributed by atoms with Crippen LogP contribution in [-0.2, 0) is 25.4 Å². The third-order valence-corrected chi connectivity index (χ3v) is 8.97. The molecule has 40 heavy (non-hydrogen) atoms. The molecular weight excluding hydrogens is 500 g/mol. The first-order valence-electron chi connectivity index (χ1n) is 14.6. The second-order valence-electron chi connectivity index (χ2n) is 11.9. The highest BCUT2D eigenvalue weighted by Crippen LogP contribution is 2.50. The summed E-state index contributed by atoms with van der Waals surface area (Å²) in [6, 6.07) is 25.3. The number of hydrogen-bond acceptors (Lipinski definition) is 5. The van der Waals surface area contributed by atoms with Crippen LogP contribution in [0.3, 0.4) is 0 Å². The highest BCUT2D eigenvalue weighted by molar-refractivity contribution is 5.69. The fourth-order valence-corrected chi connectivity index (χ4v) is 6.32. The van der Waals surface area contributed by atoms with Gasteiger partial charge in [0.05, 0.1) is 18.6 Å². The second kappa shape index (κ2) is 12.2. The van der Waals surface area contributed by atoms with Crippen LogP contribution in [0.25, 0.3) is 0 Å². The molecule has 0 amide bonds. The number of aromatic hydroxyl groups is 1. The SMILES string of the molecule is CCC1(COC(=O)CCc2cc(C)c(O)c(C)c2)COC2(CC(c3ccccc3)CC(c3ccccc3)C2)OC1. The minimum atomic E-state index is -0.642. The van der Waals surface area contributed by atoms with E-state index in [0.717, 1.165) is 42.4 Å². The molecular formula is C35H42O5. The third kappa shape index (κ3) is 6.42. The quantitative estimate of drug-likeness (QED) is 0.301. The minimum Gasteiger partial charge on any atom is -0.507 e. The Morgan fingerprint density at radius 2 is 1.43 bits per heavy atom. The lowest BCUT2D eigenvalue weighted by atomic mass is 9.71. The molecule has 5 nitrogen and oxygen atoms in total. The van der Waals surface area contributed by atoms with Crippen molar-refractivity contribution >= 4 is 5.97 Å². The number of carbonyl (C=O) groups is 1. The molecule has 0 radical (unpaired) electrons. The van der Waals surface area contributed by atoms with Gasteiger partial charge in [-0.3, -0.25) is 4.79 Å². The van der Waals surface area contributed by atoms with Crippen molar-refractivity contribution in [2.45, 2.75) is 76.9 Å². The van der Waals surface area contributed by atoms with Gasteiger partial charge in [-0.15, -0.1) is 0 Å². The van der Waals surface area contributed by atoms with E-state index in [1.807, 2.05) is 26.0 Å². The third-order valence-electron chi connectivity index (χ3n) is 8.97. The van der Waals surface area contributed by atoms with Crippen LogP contribution in [0.4, 0.5) is 0 Å². The van der Waals surface area contributed by atoms with Gasteiger partial charge in [0.1, 0.15) is 12.4 Å². The number of ether oxygens (including phenoxy) is 3. The van der Waals surface area contributed by atoms with Crippen molar-refractivity contribution in [2.75, 3.05) is 19.8 Å². The van der Waals surface area contributed by atoms with E-state index in [9.17, 15) is 9.90 Å². The van der Waals surface area contributed by atoms with Crippen molar-refractivity contribution < 1.29 is 24.1 Å². The molecule has 3 aromatic rings. The summed E-state index contributed by atoms with van der Waals surface area (Å²) in [5.41, 5.74) is 4.98. The zero-order valence-electron chi connectivity index (χ0n) is 24.0. The van der Waals surface area contributed by atoms with Gasteiger partial charge in [-0.25, -0.2) is 0 Å². The van der Waals surface area contributed by atoms with E-state index in [4.69, 9.17) is 14.2 Å². The zero-order chi connectivity index (χ0) is 28.2. The van der Waals surface area contributed by atoms with Crippen molar-refractivity contribution in [3.8, 4) is 5.75 Å². The molecule has 1 aliphatic heterocycles. The van der Waals surface area contributed by atoms with Gasteiger partial charge in [0.2, 0.25) is 0 Å². The summed E-state index contributed by atoms with van der Waals surface area (Å²) < 4.78 is 19.1. The molecule has 2 aliphatic rings. The zero-order valence-corrected chi connectivity index (χ0v) is 24.0. The predicted molar refractivity (Wildman–Crippen MR) is 156 cm³/mol. The molecule has 1 heterocycles. The van der Waals surface area contributed by atoms with E-state index in [1.54, 1.807) is 0 Å². The minimum absolute atomic E-state index is 0.220. The van der Waals surface area contributed by atoms with Crippen LogP contribution in [0.5, 0.6) is 5.75 Å². The Hall–Kier alpha value is -3.15. The maximum absolute atomic E-state index is 12.7. The van der Waals surface area contributed by atoms with E-state index in [0.29, 0.717) is 43.6 Å². The average molecular weight is 543 g/mol. The van der Waals surface area contributed by atoms with Crippen molar-refractivity contribution in [3.63, 3.8) is 0 Å². The van der Waals surface area contributed by atoms with Crippen LogP contribution in [0.2, 0.25) is 0 Å². The molecule has 1 aliphatic carbocycles. The summed E-state index contributed by atoms with van der Waals surface area (Å²) in [5, 5.41) is 10.0. The highest BCUT2D eigenvalue weighted by atomic mass is 16.7. The lowest BCUT2D eigenvalue weighted by Gasteiger charge is -2.50. The lowest BCUT2D eigenvalue weighted by Crippen LogP contribution is -2.54. The Morgan fingerprint density at radius 3 is 1.93 bits per heavy atom. The number of aryl methyl sites for hydroxylation is 3. The van der Waals surface area contributed by atoms with Crippen LogP contribution < -0.4 is 0 Å². The van der Waals surface area contributed by atoms with E-state index >= 15 is 0 Å². The molecule has 2 unspecified atom stereocenters. The number of carbonyl (C=O) groups excluding carboxylic acids is 1. The van der Waals surface area contributed by atoms with Gasteiger partial charge in [0.25, 0.3) is 0 Å².